The molecule has 0 saturated heterocycles. The van der Waals surface area contributed by atoms with Crippen molar-refractivity contribution in [2.75, 3.05) is 32.5 Å². The lowest BCUT2D eigenvalue weighted by molar-refractivity contribution is 0.171. The highest BCUT2D eigenvalue weighted by molar-refractivity contribution is 6.32. The van der Waals surface area contributed by atoms with Gasteiger partial charge in [0.15, 0.2) is 5.69 Å². The number of amides is 2. The molecular formula is C17H26ClN5O. The van der Waals surface area contributed by atoms with Gasteiger partial charge >= 0.3 is 6.03 Å². The molecule has 132 valence electrons. The number of nitrogens with one attached hydrogen (secondary N) is 1. The Balaban J connectivity index is 2.99. The minimum absolute atomic E-state index is 0.00977. The minimum atomic E-state index is -0.00977. The molecule has 1 unspecified atom stereocenters. The van der Waals surface area contributed by atoms with Crippen LogP contribution >= 0.6 is 11.6 Å². The van der Waals surface area contributed by atoms with E-state index in [1.165, 1.54) is 0 Å². The Morgan fingerprint density at radius 2 is 2.08 bits per heavy atom. The van der Waals surface area contributed by atoms with Gasteiger partial charge in [0.1, 0.15) is 6.07 Å². The van der Waals surface area contributed by atoms with Crippen molar-refractivity contribution in [2.24, 2.45) is 0 Å². The van der Waals surface area contributed by atoms with Crippen LogP contribution in [-0.2, 0) is 6.42 Å². The van der Waals surface area contributed by atoms with Crippen molar-refractivity contribution < 1.29 is 4.79 Å². The maximum Gasteiger partial charge on any atom is 0.319 e. The number of halogens is 1. The highest BCUT2D eigenvalue weighted by Gasteiger charge is 2.20. The second-order valence-corrected chi connectivity index (χ2v) is 6.12. The second-order valence-electron chi connectivity index (χ2n) is 5.74. The Morgan fingerprint density at radius 3 is 2.54 bits per heavy atom. The average Bonchev–Trinajstić information content (AvgIpc) is 2.58. The Labute approximate surface area is 149 Å². The van der Waals surface area contributed by atoms with E-state index >= 15 is 0 Å². The van der Waals surface area contributed by atoms with E-state index in [-0.39, 0.29) is 17.8 Å². The van der Waals surface area contributed by atoms with Gasteiger partial charge < -0.3 is 15.1 Å². The van der Waals surface area contributed by atoms with Crippen LogP contribution in [0.15, 0.2) is 6.20 Å². The molecule has 0 fully saturated rings. The Morgan fingerprint density at radius 1 is 1.42 bits per heavy atom. The summed E-state index contributed by atoms with van der Waals surface area (Å²) in [6.45, 7) is 7.25. The molecule has 0 aliphatic heterocycles. The van der Waals surface area contributed by atoms with Crippen LogP contribution < -0.4 is 5.32 Å². The topological polar surface area (TPSA) is 72.3 Å². The first-order valence-corrected chi connectivity index (χ1v) is 8.57. The van der Waals surface area contributed by atoms with Crippen LogP contribution in [-0.4, -0.2) is 54.0 Å². The Kier molecular flexibility index (Phi) is 7.80. The number of nitrogens with zero attached hydrogens (tertiary/aromatic N) is 4. The zero-order valence-corrected chi connectivity index (χ0v) is 15.8. The van der Waals surface area contributed by atoms with Gasteiger partial charge in [0.2, 0.25) is 0 Å². The van der Waals surface area contributed by atoms with E-state index in [9.17, 15) is 4.79 Å². The molecule has 0 aliphatic rings. The van der Waals surface area contributed by atoms with Gasteiger partial charge in [0.05, 0.1) is 16.9 Å². The number of aromatic nitrogens is 1. The third-order valence-electron chi connectivity index (χ3n) is 3.91. The molecule has 0 radical (unpaired) electrons. The number of carbonyl (C=O) groups excluding carboxylic acids is 1. The molecule has 1 heterocycles. The third-order valence-corrected chi connectivity index (χ3v) is 4.32. The summed E-state index contributed by atoms with van der Waals surface area (Å²) in [5, 5.41) is 12.9. The van der Waals surface area contributed by atoms with Gasteiger partial charge in [-0.05, 0) is 25.3 Å². The first kappa shape index (κ1) is 20.0. The van der Waals surface area contributed by atoms with E-state index in [0.29, 0.717) is 24.5 Å². The summed E-state index contributed by atoms with van der Waals surface area (Å²) in [5.74, 6) is 0. The number of nitriles is 1. The molecule has 1 rings (SSSR count). The zero-order valence-electron chi connectivity index (χ0n) is 15.1. The standard InChI is InChI=1S/C17H26ClN5O/c1-6-12(11-23(8-3)17(24)22(4)5)21-15-10-20-14(9-19)16(18)13(15)7-2/h10,12,21H,6-8,11H2,1-5H3. The van der Waals surface area contributed by atoms with Crippen molar-refractivity contribution >= 4 is 23.3 Å². The summed E-state index contributed by atoms with van der Waals surface area (Å²) in [7, 11) is 3.50. The van der Waals surface area contributed by atoms with Crippen LogP contribution in [0.1, 0.15) is 38.4 Å². The molecule has 0 spiro atoms. The molecule has 2 amide bonds. The lowest BCUT2D eigenvalue weighted by Crippen LogP contribution is -2.44. The molecule has 0 aliphatic carbocycles. The number of likely N-dealkylation sites (N-methyl/N-ethyl adjacent to an activating group) is 1. The van der Waals surface area contributed by atoms with Crippen molar-refractivity contribution in [1.82, 2.24) is 14.8 Å². The number of urea groups is 1. The molecule has 1 aromatic heterocycles. The predicted octanol–water partition coefficient (Wildman–Crippen LogP) is 3.36. The summed E-state index contributed by atoms with van der Waals surface area (Å²) in [6.07, 6.45) is 3.19. The monoisotopic (exact) mass is 351 g/mol. The SMILES string of the molecule is CCc1c(NC(CC)CN(CC)C(=O)N(C)C)cnc(C#N)c1Cl. The Bertz CT molecular complexity index is 612. The molecule has 1 N–H and O–H groups in total. The maximum absolute atomic E-state index is 12.2. The van der Waals surface area contributed by atoms with Crippen LogP contribution in [0, 0.1) is 11.3 Å². The molecule has 6 nitrogen and oxygen atoms in total. The van der Waals surface area contributed by atoms with Gasteiger partial charge in [-0.25, -0.2) is 9.78 Å². The summed E-state index contributed by atoms with van der Waals surface area (Å²) in [5.41, 5.74) is 1.94. The molecule has 24 heavy (non-hydrogen) atoms. The van der Waals surface area contributed by atoms with Crippen molar-refractivity contribution in [2.45, 2.75) is 39.7 Å². The van der Waals surface area contributed by atoms with Gasteiger partial charge in [0.25, 0.3) is 0 Å². The zero-order chi connectivity index (χ0) is 18.3. The van der Waals surface area contributed by atoms with Crippen molar-refractivity contribution in [3.63, 3.8) is 0 Å². The normalized spacial score (nSPS) is 11.5. The van der Waals surface area contributed by atoms with E-state index in [1.54, 1.807) is 30.1 Å². The quantitative estimate of drug-likeness (QED) is 0.817. The van der Waals surface area contributed by atoms with Gasteiger partial charge in [-0.1, -0.05) is 25.4 Å². The number of anilines is 1. The van der Waals surface area contributed by atoms with Crippen LogP contribution in [0.25, 0.3) is 0 Å². The molecule has 1 atom stereocenters. The van der Waals surface area contributed by atoms with Crippen LogP contribution in [0.5, 0.6) is 0 Å². The summed E-state index contributed by atoms with van der Waals surface area (Å²) >= 11 is 6.27. The van der Waals surface area contributed by atoms with E-state index in [2.05, 4.69) is 17.2 Å². The van der Waals surface area contributed by atoms with Crippen LogP contribution in [0.4, 0.5) is 10.5 Å². The number of hydrogen-bond donors (Lipinski definition) is 1. The Hall–Kier alpha value is -2.00. The first-order valence-electron chi connectivity index (χ1n) is 8.19. The van der Waals surface area contributed by atoms with Crippen molar-refractivity contribution in [3.8, 4) is 6.07 Å². The van der Waals surface area contributed by atoms with E-state index in [1.807, 2.05) is 19.9 Å². The fourth-order valence-corrected chi connectivity index (χ4v) is 2.79. The number of hydrogen-bond acceptors (Lipinski definition) is 4. The fraction of sp³-hybridized carbons (Fsp3) is 0.588. The highest BCUT2D eigenvalue weighted by Crippen LogP contribution is 2.27. The van der Waals surface area contributed by atoms with Gasteiger partial charge in [-0.2, -0.15) is 5.26 Å². The molecule has 0 saturated carbocycles. The lowest BCUT2D eigenvalue weighted by atomic mass is 10.1. The van der Waals surface area contributed by atoms with E-state index in [4.69, 9.17) is 16.9 Å². The van der Waals surface area contributed by atoms with Gasteiger partial charge in [-0.3, -0.25) is 0 Å². The fourth-order valence-electron chi connectivity index (χ4n) is 2.46. The van der Waals surface area contributed by atoms with E-state index in [0.717, 1.165) is 17.7 Å². The van der Waals surface area contributed by atoms with Crippen LogP contribution in [0.2, 0.25) is 5.02 Å². The number of carbonyl (C=O) groups is 1. The molecule has 0 aromatic carbocycles. The molecule has 0 bridgehead atoms. The molecule has 1 aromatic rings. The summed E-state index contributed by atoms with van der Waals surface area (Å²) < 4.78 is 0. The largest absolute Gasteiger partial charge is 0.379 e. The van der Waals surface area contributed by atoms with Crippen molar-refractivity contribution in [1.29, 1.82) is 5.26 Å². The molecule has 7 heteroatoms. The number of pyridine rings is 1. The number of rotatable bonds is 7. The van der Waals surface area contributed by atoms with Crippen LogP contribution in [0.3, 0.4) is 0 Å². The van der Waals surface area contributed by atoms with Gasteiger partial charge in [0, 0.05) is 33.2 Å². The third kappa shape index (κ3) is 4.75. The van der Waals surface area contributed by atoms with Crippen molar-refractivity contribution in [3.05, 3.63) is 22.5 Å². The first-order chi connectivity index (χ1) is 11.4. The summed E-state index contributed by atoms with van der Waals surface area (Å²) in [6, 6.07) is 2.07. The minimum Gasteiger partial charge on any atom is -0.379 e. The smallest absolute Gasteiger partial charge is 0.319 e. The second kappa shape index (κ2) is 9.33. The predicted molar refractivity (Wildman–Crippen MR) is 97.4 cm³/mol. The average molecular weight is 352 g/mol. The molecular weight excluding hydrogens is 326 g/mol. The highest BCUT2D eigenvalue weighted by atomic mass is 35.5. The van der Waals surface area contributed by atoms with Gasteiger partial charge in [-0.15, -0.1) is 0 Å². The van der Waals surface area contributed by atoms with E-state index < -0.39 is 0 Å². The lowest BCUT2D eigenvalue weighted by Gasteiger charge is -2.30. The summed E-state index contributed by atoms with van der Waals surface area (Å²) in [4.78, 5) is 19.7. The maximum atomic E-state index is 12.2.